The van der Waals surface area contributed by atoms with E-state index in [0.717, 1.165) is 42.5 Å². The van der Waals surface area contributed by atoms with Crippen LogP contribution in [-0.2, 0) is 0 Å². The first kappa shape index (κ1) is 10.6. The van der Waals surface area contributed by atoms with Gasteiger partial charge < -0.3 is 15.8 Å². The van der Waals surface area contributed by atoms with Gasteiger partial charge in [-0.15, -0.1) is 0 Å². The van der Waals surface area contributed by atoms with Gasteiger partial charge in [-0.1, -0.05) is 0 Å². The van der Waals surface area contributed by atoms with Crippen LogP contribution in [0.15, 0.2) is 18.2 Å². The zero-order valence-electron chi connectivity index (χ0n) is 9.69. The summed E-state index contributed by atoms with van der Waals surface area (Å²) in [6, 6.07) is 5.60. The Labute approximate surface area is 99.9 Å². The van der Waals surface area contributed by atoms with E-state index >= 15 is 0 Å². The topological polar surface area (TPSA) is 74.9 Å². The van der Waals surface area contributed by atoms with Gasteiger partial charge in [0.2, 0.25) is 0 Å². The summed E-state index contributed by atoms with van der Waals surface area (Å²) >= 11 is 0. The summed E-state index contributed by atoms with van der Waals surface area (Å²) in [7, 11) is 0. The van der Waals surface area contributed by atoms with Crippen LogP contribution in [0, 0.1) is 0 Å². The van der Waals surface area contributed by atoms with Crippen LogP contribution in [0.5, 0.6) is 5.75 Å². The number of imidazole rings is 1. The second kappa shape index (κ2) is 4.04. The Balaban J connectivity index is 1.90. The van der Waals surface area contributed by atoms with E-state index in [0.29, 0.717) is 12.0 Å². The van der Waals surface area contributed by atoms with E-state index in [1.165, 1.54) is 0 Å². The number of phenols is 1. The minimum absolute atomic E-state index is 0.276. The third-order valence-corrected chi connectivity index (χ3v) is 3.64. The Hall–Kier alpha value is -1.55. The lowest BCUT2D eigenvalue weighted by Gasteiger charge is -2.24. The van der Waals surface area contributed by atoms with Gasteiger partial charge >= 0.3 is 0 Å². The third-order valence-electron chi connectivity index (χ3n) is 3.64. The summed E-state index contributed by atoms with van der Waals surface area (Å²) in [5.74, 6) is 1.81. The molecule has 4 N–H and O–H groups in total. The predicted octanol–water partition coefficient (Wildman–Crippen LogP) is 2.25. The van der Waals surface area contributed by atoms with Gasteiger partial charge in [0.05, 0.1) is 11.0 Å². The maximum atomic E-state index is 9.42. The maximum absolute atomic E-state index is 9.42. The molecular weight excluding hydrogens is 214 g/mol. The number of hydrogen-bond acceptors (Lipinski definition) is 3. The van der Waals surface area contributed by atoms with Gasteiger partial charge in [0, 0.05) is 18.0 Å². The molecule has 1 aliphatic carbocycles. The minimum Gasteiger partial charge on any atom is -0.508 e. The number of phenolic OH excluding ortho intramolecular Hbond substituents is 1. The zero-order chi connectivity index (χ0) is 11.8. The molecule has 0 unspecified atom stereocenters. The van der Waals surface area contributed by atoms with Gasteiger partial charge in [-0.3, -0.25) is 0 Å². The summed E-state index contributed by atoms with van der Waals surface area (Å²) in [4.78, 5) is 7.90. The van der Waals surface area contributed by atoms with Crippen LogP contribution in [0.25, 0.3) is 11.0 Å². The van der Waals surface area contributed by atoms with E-state index in [2.05, 4.69) is 9.97 Å². The maximum Gasteiger partial charge on any atom is 0.117 e. The monoisotopic (exact) mass is 231 g/mol. The molecule has 0 bridgehead atoms. The Morgan fingerprint density at radius 3 is 2.76 bits per heavy atom. The van der Waals surface area contributed by atoms with Crippen molar-refractivity contribution in [2.24, 2.45) is 5.73 Å². The smallest absolute Gasteiger partial charge is 0.117 e. The lowest BCUT2D eigenvalue weighted by Crippen LogP contribution is -2.26. The Morgan fingerprint density at radius 2 is 2.00 bits per heavy atom. The SMILES string of the molecule is NC1CCC(c2nc3ccc(O)cc3[nH]2)CC1. The number of aromatic amines is 1. The van der Waals surface area contributed by atoms with Crippen LogP contribution in [-0.4, -0.2) is 21.1 Å². The highest BCUT2D eigenvalue weighted by molar-refractivity contribution is 5.76. The molecule has 2 aromatic rings. The minimum atomic E-state index is 0.276. The lowest BCUT2D eigenvalue weighted by atomic mass is 9.86. The number of aromatic hydroxyl groups is 1. The Bertz CT molecular complexity index is 526. The van der Waals surface area contributed by atoms with E-state index < -0.39 is 0 Å². The standard InChI is InChI=1S/C13H17N3O/c14-9-3-1-8(2-4-9)13-15-11-6-5-10(17)7-12(11)16-13/h5-9,17H,1-4,14H2,(H,15,16). The molecule has 0 saturated heterocycles. The fourth-order valence-electron chi connectivity index (χ4n) is 2.60. The van der Waals surface area contributed by atoms with Crippen molar-refractivity contribution in [1.29, 1.82) is 0 Å². The van der Waals surface area contributed by atoms with E-state index in [1.54, 1.807) is 12.1 Å². The molecule has 1 aliphatic rings. The number of H-pyrrole nitrogens is 1. The van der Waals surface area contributed by atoms with Gasteiger partial charge in [0.15, 0.2) is 0 Å². The number of hydrogen-bond donors (Lipinski definition) is 3. The van der Waals surface area contributed by atoms with Crippen molar-refractivity contribution in [3.63, 3.8) is 0 Å². The summed E-state index contributed by atoms with van der Waals surface area (Å²) in [5, 5.41) is 9.42. The second-order valence-electron chi connectivity index (χ2n) is 4.94. The molecule has 4 heteroatoms. The highest BCUT2D eigenvalue weighted by Gasteiger charge is 2.22. The van der Waals surface area contributed by atoms with Crippen LogP contribution in [0.4, 0.5) is 0 Å². The third kappa shape index (κ3) is 2.00. The summed E-state index contributed by atoms with van der Waals surface area (Å²) in [6.07, 6.45) is 4.36. The van der Waals surface area contributed by atoms with Gasteiger partial charge in [-0.05, 0) is 37.8 Å². The molecule has 0 spiro atoms. The summed E-state index contributed by atoms with van der Waals surface area (Å²) in [6.45, 7) is 0. The first-order chi connectivity index (χ1) is 8.22. The predicted molar refractivity (Wildman–Crippen MR) is 66.9 cm³/mol. The molecular formula is C13H17N3O. The molecule has 1 fully saturated rings. The number of nitrogens with zero attached hydrogens (tertiary/aromatic N) is 1. The highest BCUT2D eigenvalue weighted by atomic mass is 16.3. The molecule has 0 aliphatic heterocycles. The number of benzene rings is 1. The molecule has 4 nitrogen and oxygen atoms in total. The summed E-state index contributed by atoms with van der Waals surface area (Å²) < 4.78 is 0. The summed E-state index contributed by atoms with van der Waals surface area (Å²) in [5.41, 5.74) is 7.74. The molecule has 3 rings (SSSR count). The van der Waals surface area contributed by atoms with Gasteiger partial charge in [-0.25, -0.2) is 4.98 Å². The number of nitrogens with two attached hydrogens (primary N) is 1. The van der Waals surface area contributed by atoms with Crippen LogP contribution < -0.4 is 5.73 Å². The van der Waals surface area contributed by atoms with E-state index in [-0.39, 0.29) is 5.75 Å². The number of aromatic nitrogens is 2. The molecule has 1 heterocycles. The van der Waals surface area contributed by atoms with Gasteiger partial charge in [0.25, 0.3) is 0 Å². The van der Waals surface area contributed by atoms with Crippen molar-refractivity contribution >= 4 is 11.0 Å². The second-order valence-corrected chi connectivity index (χ2v) is 4.94. The zero-order valence-corrected chi connectivity index (χ0v) is 9.69. The van der Waals surface area contributed by atoms with Crippen molar-refractivity contribution in [3.8, 4) is 5.75 Å². The molecule has 0 atom stereocenters. The van der Waals surface area contributed by atoms with Crippen LogP contribution in [0.2, 0.25) is 0 Å². The molecule has 1 saturated carbocycles. The number of rotatable bonds is 1. The van der Waals surface area contributed by atoms with Crippen LogP contribution >= 0.6 is 0 Å². The molecule has 1 aromatic carbocycles. The fourth-order valence-corrected chi connectivity index (χ4v) is 2.60. The number of fused-ring (bicyclic) bond motifs is 1. The van der Waals surface area contributed by atoms with Gasteiger partial charge in [0.1, 0.15) is 11.6 Å². The average Bonchev–Trinajstić information content (AvgIpc) is 2.72. The quantitative estimate of drug-likeness (QED) is 0.704. The van der Waals surface area contributed by atoms with E-state index in [4.69, 9.17) is 5.73 Å². The Morgan fingerprint density at radius 1 is 1.24 bits per heavy atom. The van der Waals surface area contributed by atoms with Crippen LogP contribution in [0.3, 0.4) is 0 Å². The first-order valence-electron chi connectivity index (χ1n) is 6.16. The van der Waals surface area contributed by atoms with Crippen molar-refractivity contribution in [2.75, 3.05) is 0 Å². The van der Waals surface area contributed by atoms with Gasteiger partial charge in [-0.2, -0.15) is 0 Å². The largest absolute Gasteiger partial charge is 0.508 e. The fraction of sp³-hybridized carbons (Fsp3) is 0.462. The van der Waals surface area contributed by atoms with Crippen molar-refractivity contribution in [3.05, 3.63) is 24.0 Å². The molecule has 0 radical (unpaired) electrons. The molecule has 0 amide bonds. The first-order valence-corrected chi connectivity index (χ1v) is 6.16. The lowest BCUT2D eigenvalue weighted by molar-refractivity contribution is 0.386. The average molecular weight is 231 g/mol. The number of nitrogens with one attached hydrogen (secondary N) is 1. The molecule has 1 aromatic heterocycles. The normalized spacial score (nSPS) is 25.2. The van der Waals surface area contributed by atoms with Crippen molar-refractivity contribution < 1.29 is 5.11 Å². The molecule has 17 heavy (non-hydrogen) atoms. The highest BCUT2D eigenvalue weighted by Crippen LogP contribution is 2.32. The molecule has 90 valence electrons. The van der Waals surface area contributed by atoms with Crippen molar-refractivity contribution in [1.82, 2.24) is 9.97 Å². The Kier molecular flexibility index (Phi) is 2.52. The van der Waals surface area contributed by atoms with E-state index in [9.17, 15) is 5.11 Å². The van der Waals surface area contributed by atoms with Crippen molar-refractivity contribution in [2.45, 2.75) is 37.6 Å². The van der Waals surface area contributed by atoms with E-state index in [1.807, 2.05) is 6.07 Å². The van der Waals surface area contributed by atoms with Crippen LogP contribution in [0.1, 0.15) is 37.4 Å².